The van der Waals surface area contributed by atoms with Crippen molar-refractivity contribution in [1.29, 1.82) is 0 Å². The highest BCUT2D eigenvalue weighted by Gasteiger charge is 2.22. The number of unbranched alkanes of at least 4 members (excludes halogenated alkanes) is 1. The number of hydrogen-bond donors (Lipinski definition) is 0. The van der Waals surface area contributed by atoms with Crippen molar-refractivity contribution < 1.29 is 28.1 Å². The molecule has 0 radical (unpaired) electrons. The van der Waals surface area contributed by atoms with E-state index in [9.17, 15) is 4.79 Å². The van der Waals surface area contributed by atoms with E-state index in [4.69, 9.17) is 28.1 Å². The van der Waals surface area contributed by atoms with Crippen molar-refractivity contribution in [2.75, 3.05) is 54.7 Å². The van der Waals surface area contributed by atoms with Gasteiger partial charge in [-0.15, -0.1) is 0 Å². The molecule has 4 rings (SSSR count). The highest BCUT2D eigenvalue weighted by molar-refractivity contribution is 5.88. The normalized spacial score (nSPS) is 14.0. The summed E-state index contributed by atoms with van der Waals surface area (Å²) in [6.07, 6.45) is 5.84. The molecule has 194 valence electrons. The van der Waals surface area contributed by atoms with Crippen LogP contribution in [0.2, 0.25) is 0 Å². The monoisotopic (exact) mass is 497 g/mol. The largest absolute Gasteiger partial charge is 0.496 e. The third-order valence-electron chi connectivity index (χ3n) is 6.55. The number of likely N-dealkylation sites (tertiary alicyclic amines) is 1. The van der Waals surface area contributed by atoms with E-state index in [1.807, 2.05) is 0 Å². The maximum Gasteiger partial charge on any atom is 0.239 e. The maximum absolute atomic E-state index is 13.6. The molecule has 36 heavy (non-hydrogen) atoms. The van der Waals surface area contributed by atoms with E-state index < -0.39 is 0 Å². The summed E-state index contributed by atoms with van der Waals surface area (Å²) in [4.78, 5) is 16.1. The van der Waals surface area contributed by atoms with Crippen LogP contribution in [0.3, 0.4) is 0 Å². The Hall–Kier alpha value is -3.39. The number of nitrogens with zero attached hydrogens (tertiary/aromatic N) is 1. The molecule has 0 unspecified atom stereocenters. The van der Waals surface area contributed by atoms with Crippen LogP contribution < -0.4 is 29.1 Å². The molecule has 1 aromatic heterocycles. The number of methoxy groups -OCH3 is 4. The van der Waals surface area contributed by atoms with Crippen LogP contribution in [-0.4, -0.2) is 59.6 Å². The highest BCUT2D eigenvalue weighted by atomic mass is 16.5. The van der Waals surface area contributed by atoms with Gasteiger partial charge in [0.25, 0.3) is 0 Å². The van der Waals surface area contributed by atoms with E-state index in [1.165, 1.54) is 39.5 Å². The van der Waals surface area contributed by atoms with Gasteiger partial charge in [0.1, 0.15) is 22.5 Å². The first-order valence-electron chi connectivity index (χ1n) is 12.4. The first-order valence-corrected chi connectivity index (χ1v) is 12.4. The van der Waals surface area contributed by atoms with Gasteiger partial charge >= 0.3 is 0 Å². The Bertz CT molecular complexity index is 1230. The molecule has 0 aliphatic carbocycles. The molecule has 1 saturated heterocycles. The molecule has 1 fully saturated rings. The highest BCUT2D eigenvalue weighted by Crippen LogP contribution is 2.39. The van der Waals surface area contributed by atoms with Crippen LogP contribution in [0.1, 0.15) is 32.1 Å². The van der Waals surface area contributed by atoms with Crippen molar-refractivity contribution in [3.05, 3.63) is 40.6 Å². The van der Waals surface area contributed by atoms with Gasteiger partial charge in [0, 0.05) is 17.7 Å². The summed E-state index contributed by atoms with van der Waals surface area (Å²) in [5.74, 6) is 2.43. The van der Waals surface area contributed by atoms with Gasteiger partial charge in [-0.1, -0.05) is 6.42 Å². The molecule has 0 spiro atoms. The zero-order valence-electron chi connectivity index (χ0n) is 21.6. The van der Waals surface area contributed by atoms with Gasteiger partial charge in [0.2, 0.25) is 11.2 Å². The molecule has 0 bridgehead atoms. The summed E-state index contributed by atoms with van der Waals surface area (Å²) >= 11 is 0. The van der Waals surface area contributed by atoms with Crippen LogP contribution in [0, 0.1) is 0 Å². The van der Waals surface area contributed by atoms with Gasteiger partial charge in [-0.3, -0.25) is 4.79 Å². The first-order chi connectivity index (χ1) is 17.6. The second-order valence-corrected chi connectivity index (χ2v) is 8.82. The minimum absolute atomic E-state index is 0.0924. The summed E-state index contributed by atoms with van der Waals surface area (Å²) in [6.45, 7) is 3.94. The predicted molar refractivity (Wildman–Crippen MR) is 139 cm³/mol. The second-order valence-electron chi connectivity index (χ2n) is 8.82. The van der Waals surface area contributed by atoms with Crippen molar-refractivity contribution in [3.63, 3.8) is 0 Å². The Kier molecular flexibility index (Phi) is 8.59. The van der Waals surface area contributed by atoms with Crippen molar-refractivity contribution in [3.8, 4) is 40.1 Å². The van der Waals surface area contributed by atoms with Crippen molar-refractivity contribution in [2.24, 2.45) is 0 Å². The second kappa shape index (κ2) is 12.0. The Balaban J connectivity index is 1.63. The van der Waals surface area contributed by atoms with E-state index in [2.05, 4.69) is 4.90 Å². The Labute approximate surface area is 211 Å². The zero-order valence-corrected chi connectivity index (χ0v) is 21.6. The van der Waals surface area contributed by atoms with Gasteiger partial charge in [-0.2, -0.15) is 0 Å². The Morgan fingerprint density at radius 1 is 0.833 bits per heavy atom. The van der Waals surface area contributed by atoms with Crippen molar-refractivity contribution >= 4 is 11.0 Å². The summed E-state index contributed by atoms with van der Waals surface area (Å²) in [5.41, 5.74) is 0.661. The quantitative estimate of drug-likeness (QED) is 0.337. The molecule has 2 aromatic carbocycles. The van der Waals surface area contributed by atoms with E-state index in [0.29, 0.717) is 46.1 Å². The zero-order chi connectivity index (χ0) is 25.5. The lowest BCUT2D eigenvalue weighted by atomic mass is 10.1. The fraction of sp³-hybridized carbons (Fsp3) is 0.464. The van der Waals surface area contributed by atoms with Crippen LogP contribution in [0.5, 0.6) is 28.7 Å². The molecule has 8 heteroatoms. The van der Waals surface area contributed by atoms with Crippen molar-refractivity contribution in [2.45, 2.75) is 32.1 Å². The number of rotatable bonds is 11. The van der Waals surface area contributed by atoms with E-state index in [0.717, 1.165) is 19.4 Å². The lowest BCUT2D eigenvalue weighted by Gasteiger charge is -2.26. The lowest BCUT2D eigenvalue weighted by molar-refractivity contribution is 0.216. The molecule has 0 amide bonds. The van der Waals surface area contributed by atoms with Crippen LogP contribution in [0.4, 0.5) is 0 Å². The smallest absolute Gasteiger partial charge is 0.239 e. The molecule has 1 aliphatic rings. The van der Waals surface area contributed by atoms with Gasteiger partial charge in [-0.25, -0.2) is 0 Å². The number of piperidine rings is 1. The molecule has 0 atom stereocenters. The average Bonchev–Trinajstić information content (AvgIpc) is 2.92. The average molecular weight is 498 g/mol. The van der Waals surface area contributed by atoms with Crippen molar-refractivity contribution in [1.82, 2.24) is 4.90 Å². The summed E-state index contributed by atoms with van der Waals surface area (Å²) in [5, 5.41) is 0.327. The number of ether oxygens (including phenoxy) is 5. The predicted octanol–water partition coefficient (Wildman–Crippen LogP) is 5.14. The summed E-state index contributed by atoms with van der Waals surface area (Å²) in [6, 6.07) is 8.68. The molecule has 1 aliphatic heterocycles. The molecular formula is C28H35NO7. The molecule has 8 nitrogen and oxygen atoms in total. The number of benzene rings is 2. The third-order valence-corrected chi connectivity index (χ3v) is 6.55. The van der Waals surface area contributed by atoms with Gasteiger partial charge < -0.3 is 33.0 Å². The lowest BCUT2D eigenvalue weighted by Crippen LogP contribution is -2.30. The third kappa shape index (κ3) is 5.54. The molecule has 0 saturated carbocycles. The van der Waals surface area contributed by atoms with E-state index in [-0.39, 0.29) is 16.9 Å². The SMILES string of the molecule is COc1cc(OCCCCN2CCCCC2)c2c(=O)c(OC)c(-c3ccc(OC)c(OC)c3)oc2c1. The fourth-order valence-electron chi connectivity index (χ4n) is 4.63. The molecule has 3 aromatic rings. The maximum atomic E-state index is 13.6. The Morgan fingerprint density at radius 3 is 2.31 bits per heavy atom. The van der Waals surface area contributed by atoms with Crippen LogP contribution >= 0.6 is 0 Å². The van der Waals surface area contributed by atoms with Gasteiger partial charge in [-0.05, 0) is 63.5 Å². The standard InChI is InChI=1S/C28H35NO7/c1-31-20-17-23(35-15-9-8-14-29-12-6-5-7-13-29)25-24(18-20)36-27(28(34-4)26(25)30)19-10-11-21(32-2)22(16-19)33-3/h10-11,16-18H,5-9,12-15H2,1-4H3. The molecule has 0 N–H and O–H groups in total. The fourth-order valence-corrected chi connectivity index (χ4v) is 4.63. The molecular weight excluding hydrogens is 462 g/mol. The van der Waals surface area contributed by atoms with Gasteiger partial charge in [0.15, 0.2) is 17.3 Å². The van der Waals surface area contributed by atoms with Crippen LogP contribution in [0.15, 0.2) is 39.5 Å². The van der Waals surface area contributed by atoms with Gasteiger partial charge in [0.05, 0.1) is 35.0 Å². The summed E-state index contributed by atoms with van der Waals surface area (Å²) in [7, 11) is 6.14. The Morgan fingerprint density at radius 2 is 1.61 bits per heavy atom. The van der Waals surface area contributed by atoms with Crippen LogP contribution in [0.25, 0.3) is 22.3 Å². The summed E-state index contributed by atoms with van der Waals surface area (Å²) < 4.78 is 34.0. The number of hydrogen-bond acceptors (Lipinski definition) is 8. The van der Waals surface area contributed by atoms with E-state index >= 15 is 0 Å². The minimum Gasteiger partial charge on any atom is -0.496 e. The first kappa shape index (κ1) is 25.7. The van der Waals surface area contributed by atoms with Crippen LogP contribution in [-0.2, 0) is 0 Å². The number of fused-ring (bicyclic) bond motifs is 1. The minimum atomic E-state index is -0.311. The molecule has 2 heterocycles. The topological polar surface area (TPSA) is 79.6 Å². The van der Waals surface area contributed by atoms with E-state index in [1.54, 1.807) is 51.7 Å².